The first kappa shape index (κ1) is 16.7. The summed E-state index contributed by atoms with van der Waals surface area (Å²) in [5.74, 6) is -0.0291. The Labute approximate surface area is 122 Å². The summed E-state index contributed by atoms with van der Waals surface area (Å²) in [6.07, 6.45) is 0.800. The lowest BCUT2D eigenvalue weighted by atomic mass is 10.1. The zero-order chi connectivity index (χ0) is 12.1. The number of benzene rings is 1. The van der Waals surface area contributed by atoms with Gasteiger partial charge in [-0.15, -0.1) is 12.4 Å². The van der Waals surface area contributed by atoms with E-state index < -0.39 is 0 Å². The Morgan fingerprint density at radius 3 is 2.71 bits per heavy atom. The van der Waals surface area contributed by atoms with E-state index in [4.69, 9.17) is 5.73 Å². The first-order chi connectivity index (χ1) is 7.50. The Kier molecular flexibility index (Phi) is 7.74. The van der Waals surface area contributed by atoms with E-state index in [9.17, 15) is 4.79 Å². The van der Waals surface area contributed by atoms with Gasteiger partial charge in [0.2, 0.25) is 0 Å². The summed E-state index contributed by atoms with van der Waals surface area (Å²) in [5.41, 5.74) is 7.50. The third-order valence-electron chi connectivity index (χ3n) is 2.32. The van der Waals surface area contributed by atoms with Crippen LogP contribution in [-0.4, -0.2) is 18.5 Å². The number of rotatable bonds is 4. The van der Waals surface area contributed by atoms with E-state index in [2.05, 4.69) is 27.9 Å². The van der Waals surface area contributed by atoms with Gasteiger partial charge in [0.05, 0.1) is 0 Å². The molecule has 1 aromatic carbocycles. The van der Waals surface area contributed by atoms with Gasteiger partial charge in [0, 0.05) is 21.7 Å². The van der Waals surface area contributed by atoms with Gasteiger partial charge in [-0.3, -0.25) is 4.79 Å². The largest absolute Gasteiger partial charge is 0.352 e. The van der Waals surface area contributed by atoms with Gasteiger partial charge in [-0.05, 0) is 60.6 Å². The Bertz CT molecular complexity index is 383. The molecule has 1 rings (SSSR count). The molecule has 0 aliphatic carbocycles. The number of nitrogens with two attached hydrogens (primary N) is 1. The highest BCUT2D eigenvalue weighted by atomic mass is 127. The number of hydrogen-bond acceptors (Lipinski definition) is 2. The van der Waals surface area contributed by atoms with Crippen LogP contribution in [0.4, 0.5) is 0 Å². The van der Waals surface area contributed by atoms with Crippen molar-refractivity contribution in [2.75, 3.05) is 6.54 Å². The van der Waals surface area contributed by atoms with Crippen molar-refractivity contribution >= 4 is 40.9 Å². The van der Waals surface area contributed by atoms with Crippen molar-refractivity contribution in [1.82, 2.24) is 5.32 Å². The van der Waals surface area contributed by atoms with Crippen LogP contribution in [0.5, 0.6) is 0 Å². The van der Waals surface area contributed by atoms with Gasteiger partial charge in [-0.1, -0.05) is 6.07 Å². The molecule has 5 heteroatoms. The third kappa shape index (κ3) is 5.70. The summed E-state index contributed by atoms with van der Waals surface area (Å²) < 4.78 is 1.11. The number of aryl methyl sites for hydroxylation is 1. The summed E-state index contributed by atoms with van der Waals surface area (Å²) in [5, 5.41) is 2.85. The molecule has 96 valence electrons. The van der Waals surface area contributed by atoms with E-state index in [-0.39, 0.29) is 24.4 Å². The molecule has 17 heavy (non-hydrogen) atoms. The highest BCUT2D eigenvalue weighted by Crippen LogP contribution is 2.13. The van der Waals surface area contributed by atoms with E-state index >= 15 is 0 Å². The average molecular weight is 369 g/mol. The normalized spacial score (nSPS) is 11.5. The SMILES string of the molecule is Cc1ccc(C(=O)NCCC(C)N)cc1I.Cl. The standard InChI is InChI=1S/C12H17IN2O.ClH/c1-8-3-4-10(7-11(8)13)12(16)15-6-5-9(2)14;/h3-4,7,9H,5-6,14H2,1-2H3,(H,15,16);1H. The van der Waals surface area contributed by atoms with Crippen molar-refractivity contribution in [1.29, 1.82) is 0 Å². The molecule has 0 fully saturated rings. The maximum absolute atomic E-state index is 11.7. The Morgan fingerprint density at radius 1 is 1.53 bits per heavy atom. The van der Waals surface area contributed by atoms with Crippen LogP contribution < -0.4 is 11.1 Å². The van der Waals surface area contributed by atoms with Gasteiger partial charge in [-0.25, -0.2) is 0 Å². The molecule has 1 atom stereocenters. The number of nitrogens with one attached hydrogen (secondary N) is 1. The third-order valence-corrected chi connectivity index (χ3v) is 3.48. The topological polar surface area (TPSA) is 55.1 Å². The molecule has 0 aliphatic rings. The van der Waals surface area contributed by atoms with Gasteiger partial charge >= 0.3 is 0 Å². The fourth-order valence-corrected chi connectivity index (χ4v) is 1.76. The minimum atomic E-state index is -0.0291. The number of carbonyl (C=O) groups excluding carboxylic acids is 1. The van der Waals surface area contributed by atoms with E-state index in [1.165, 1.54) is 5.56 Å². The molecule has 0 aromatic heterocycles. The first-order valence-electron chi connectivity index (χ1n) is 5.30. The molecule has 1 aromatic rings. The average Bonchev–Trinajstić information content (AvgIpc) is 2.21. The minimum Gasteiger partial charge on any atom is -0.352 e. The molecule has 0 saturated heterocycles. The zero-order valence-corrected chi connectivity index (χ0v) is 13.0. The molecule has 0 spiro atoms. The number of hydrogen-bond donors (Lipinski definition) is 2. The van der Waals surface area contributed by atoms with Crippen LogP contribution in [0.1, 0.15) is 29.3 Å². The molecule has 3 N–H and O–H groups in total. The molecule has 0 bridgehead atoms. The fourth-order valence-electron chi connectivity index (χ4n) is 1.25. The van der Waals surface area contributed by atoms with Crippen LogP contribution >= 0.6 is 35.0 Å². The van der Waals surface area contributed by atoms with E-state index in [0.29, 0.717) is 12.1 Å². The summed E-state index contributed by atoms with van der Waals surface area (Å²) in [4.78, 5) is 11.7. The van der Waals surface area contributed by atoms with Crippen molar-refractivity contribution in [2.24, 2.45) is 5.73 Å². The fraction of sp³-hybridized carbons (Fsp3) is 0.417. The summed E-state index contributed by atoms with van der Waals surface area (Å²) in [6.45, 7) is 4.58. The molecule has 0 heterocycles. The maximum Gasteiger partial charge on any atom is 0.251 e. The lowest BCUT2D eigenvalue weighted by molar-refractivity contribution is 0.0952. The molecule has 1 amide bonds. The molecule has 0 aliphatic heterocycles. The second-order valence-corrected chi connectivity index (χ2v) is 5.15. The zero-order valence-electron chi connectivity index (χ0n) is 10.00. The lowest BCUT2D eigenvalue weighted by Gasteiger charge is -2.08. The van der Waals surface area contributed by atoms with Gasteiger partial charge in [0.1, 0.15) is 0 Å². The van der Waals surface area contributed by atoms with Crippen molar-refractivity contribution < 1.29 is 4.79 Å². The number of carbonyl (C=O) groups is 1. The molecule has 1 unspecified atom stereocenters. The summed E-state index contributed by atoms with van der Waals surface area (Å²) in [7, 11) is 0. The Hall–Kier alpha value is -0.330. The predicted molar refractivity (Wildman–Crippen MR) is 81.7 cm³/mol. The Balaban J connectivity index is 0.00000256. The quantitative estimate of drug-likeness (QED) is 0.802. The highest BCUT2D eigenvalue weighted by Gasteiger charge is 2.06. The molecular weight excluding hydrogens is 351 g/mol. The van der Waals surface area contributed by atoms with Crippen LogP contribution in [0.2, 0.25) is 0 Å². The monoisotopic (exact) mass is 368 g/mol. The smallest absolute Gasteiger partial charge is 0.251 e. The summed E-state index contributed by atoms with van der Waals surface area (Å²) in [6, 6.07) is 5.83. The maximum atomic E-state index is 11.7. The van der Waals surface area contributed by atoms with Crippen molar-refractivity contribution in [3.8, 4) is 0 Å². The molecule has 3 nitrogen and oxygen atoms in total. The van der Waals surface area contributed by atoms with Gasteiger partial charge in [0.25, 0.3) is 5.91 Å². The van der Waals surface area contributed by atoms with Crippen LogP contribution in [-0.2, 0) is 0 Å². The van der Waals surface area contributed by atoms with Crippen LogP contribution in [0.15, 0.2) is 18.2 Å². The van der Waals surface area contributed by atoms with Crippen LogP contribution in [0, 0.1) is 10.5 Å². The van der Waals surface area contributed by atoms with E-state index in [1.54, 1.807) is 0 Å². The van der Waals surface area contributed by atoms with Crippen molar-refractivity contribution in [3.63, 3.8) is 0 Å². The predicted octanol–water partition coefficient (Wildman–Crippen LogP) is 2.49. The molecular formula is C12H18ClIN2O. The van der Waals surface area contributed by atoms with Gasteiger partial charge in [0.15, 0.2) is 0 Å². The van der Waals surface area contributed by atoms with Gasteiger partial charge < -0.3 is 11.1 Å². The lowest BCUT2D eigenvalue weighted by Crippen LogP contribution is -2.28. The summed E-state index contributed by atoms with van der Waals surface area (Å²) >= 11 is 2.23. The number of halogens is 2. The van der Waals surface area contributed by atoms with Crippen molar-refractivity contribution in [3.05, 3.63) is 32.9 Å². The number of amides is 1. The highest BCUT2D eigenvalue weighted by molar-refractivity contribution is 14.1. The van der Waals surface area contributed by atoms with Crippen molar-refractivity contribution in [2.45, 2.75) is 26.3 Å². The van der Waals surface area contributed by atoms with E-state index in [1.807, 2.05) is 32.0 Å². The molecule has 0 saturated carbocycles. The van der Waals surface area contributed by atoms with Crippen LogP contribution in [0.25, 0.3) is 0 Å². The first-order valence-corrected chi connectivity index (χ1v) is 6.38. The Morgan fingerprint density at radius 2 is 2.18 bits per heavy atom. The second kappa shape index (κ2) is 7.89. The van der Waals surface area contributed by atoms with E-state index in [0.717, 1.165) is 9.99 Å². The van der Waals surface area contributed by atoms with Gasteiger partial charge in [-0.2, -0.15) is 0 Å². The second-order valence-electron chi connectivity index (χ2n) is 3.99. The molecule has 0 radical (unpaired) electrons. The van der Waals surface area contributed by atoms with Crippen LogP contribution in [0.3, 0.4) is 0 Å². The minimum absolute atomic E-state index is 0.